The second-order valence-corrected chi connectivity index (χ2v) is 7.17. The van der Waals surface area contributed by atoms with E-state index in [0.29, 0.717) is 42.5 Å². The number of carboxylic acid groups (broad SMARTS) is 1. The van der Waals surface area contributed by atoms with Crippen molar-refractivity contribution in [3.63, 3.8) is 0 Å². The minimum absolute atomic E-state index is 0.376. The Kier molecular flexibility index (Phi) is 5.55. The van der Waals surface area contributed by atoms with E-state index in [1.807, 2.05) is 6.26 Å². The Balaban J connectivity index is 2.01. The van der Waals surface area contributed by atoms with Gasteiger partial charge in [-0.2, -0.15) is 16.4 Å². The van der Waals surface area contributed by atoms with Crippen molar-refractivity contribution < 1.29 is 14.7 Å². The lowest BCUT2D eigenvalue weighted by atomic mass is 10.1. The quantitative estimate of drug-likeness (QED) is 0.806. The third kappa shape index (κ3) is 3.44. The number of nitrogens with zero attached hydrogens (tertiary/aromatic N) is 4. The molecule has 0 aliphatic carbocycles. The Morgan fingerprint density at radius 3 is 2.88 bits per heavy atom. The molecule has 0 saturated carbocycles. The number of carbonyl (C=O) groups is 2. The van der Waals surface area contributed by atoms with E-state index in [4.69, 9.17) is 0 Å². The summed E-state index contributed by atoms with van der Waals surface area (Å²) in [6, 6.07) is 5.13. The number of likely N-dealkylation sites (tertiary alicyclic amines) is 1. The maximum absolute atomic E-state index is 13.1. The molecule has 2 heterocycles. The molecule has 0 spiro atoms. The van der Waals surface area contributed by atoms with Gasteiger partial charge in [0.25, 0.3) is 5.56 Å². The molecule has 0 bridgehead atoms. The zero-order chi connectivity index (χ0) is 18.7. The SMILES string of the molecule is CSCCC(C(=O)N1CCCC1C(=O)O)n1nnc2ccccc2c1=O. The van der Waals surface area contributed by atoms with Crippen LogP contribution in [0.2, 0.25) is 0 Å². The van der Waals surface area contributed by atoms with Gasteiger partial charge in [-0.15, -0.1) is 5.10 Å². The summed E-state index contributed by atoms with van der Waals surface area (Å²) in [4.78, 5) is 38.7. The van der Waals surface area contributed by atoms with Gasteiger partial charge in [-0.3, -0.25) is 9.59 Å². The molecule has 1 aliphatic rings. The minimum Gasteiger partial charge on any atom is -0.480 e. The largest absolute Gasteiger partial charge is 0.480 e. The maximum atomic E-state index is 13.1. The summed E-state index contributed by atoms with van der Waals surface area (Å²) in [5.41, 5.74) is 0.0792. The van der Waals surface area contributed by atoms with E-state index in [2.05, 4.69) is 10.3 Å². The lowest BCUT2D eigenvalue weighted by Crippen LogP contribution is -2.46. The Bertz CT molecular complexity index is 884. The molecule has 3 rings (SSSR count). The van der Waals surface area contributed by atoms with Crippen LogP contribution in [-0.2, 0) is 9.59 Å². The lowest BCUT2D eigenvalue weighted by Gasteiger charge is -2.26. The highest BCUT2D eigenvalue weighted by Gasteiger charge is 2.38. The van der Waals surface area contributed by atoms with Crippen LogP contribution in [0.4, 0.5) is 0 Å². The van der Waals surface area contributed by atoms with Crippen LogP contribution in [0.15, 0.2) is 29.1 Å². The van der Waals surface area contributed by atoms with E-state index in [9.17, 15) is 19.5 Å². The molecule has 2 atom stereocenters. The summed E-state index contributed by atoms with van der Waals surface area (Å²) in [7, 11) is 0. The highest BCUT2D eigenvalue weighted by atomic mass is 32.2. The van der Waals surface area contributed by atoms with E-state index < -0.39 is 18.1 Å². The number of hydrogen-bond acceptors (Lipinski definition) is 6. The van der Waals surface area contributed by atoms with Crippen LogP contribution in [0.25, 0.3) is 10.9 Å². The fraction of sp³-hybridized carbons (Fsp3) is 0.471. The van der Waals surface area contributed by atoms with Crippen molar-refractivity contribution in [1.29, 1.82) is 0 Å². The van der Waals surface area contributed by atoms with Crippen LogP contribution in [-0.4, -0.2) is 61.5 Å². The lowest BCUT2D eigenvalue weighted by molar-refractivity contribution is -0.149. The van der Waals surface area contributed by atoms with Crippen molar-refractivity contribution in [3.8, 4) is 0 Å². The van der Waals surface area contributed by atoms with Gasteiger partial charge in [0.1, 0.15) is 17.6 Å². The summed E-state index contributed by atoms with van der Waals surface area (Å²) < 4.78 is 1.11. The summed E-state index contributed by atoms with van der Waals surface area (Å²) in [5.74, 6) is -0.754. The van der Waals surface area contributed by atoms with Gasteiger partial charge in [-0.25, -0.2) is 4.79 Å². The number of aromatic nitrogens is 3. The van der Waals surface area contributed by atoms with Crippen molar-refractivity contribution in [2.75, 3.05) is 18.6 Å². The zero-order valence-corrected chi connectivity index (χ0v) is 15.2. The van der Waals surface area contributed by atoms with Crippen LogP contribution in [0.5, 0.6) is 0 Å². The molecule has 8 nitrogen and oxygen atoms in total. The summed E-state index contributed by atoms with van der Waals surface area (Å²) in [5, 5.41) is 17.8. The van der Waals surface area contributed by atoms with E-state index in [1.165, 1.54) is 4.90 Å². The molecule has 1 N–H and O–H groups in total. The van der Waals surface area contributed by atoms with Gasteiger partial charge in [0.2, 0.25) is 5.91 Å². The van der Waals surface area contributed by atoms with Crippen LogP contribution < -0.4 is 5.56 Å². The van der Waals surface area contributed by atoms with Gasteiger partial charge in [0.15, 0.2) is 0 Å². The Hall–Kier alpha value is -2.42. The number of benzene rings is 1. The molecular formula is C17H20N4O4S. The standard InChI is InChI=1S/C17H20N4O4S/c1-26-10-8-13(16(23)20-9-4-7-14(20)17(24)25)21-15(22)11-5-2-3-6-12(11)18-19-21/h2-3,5-6,13-14H,4,7-10H2,1H3,(H,24,25). The summed E-state index contributed by atoms with van der Waals surface area (Å²) in [6.45, 7) is 0.376. The van der Waals surface area contributed by atoms with E-state index in [1.54, 1.807) is 36.0 Å². The molecule has 26 heavy (non-hydrogen) atoms. The molecule has 2 aromatic rings. The third-order valence-electron chi connectivity index (χ3n) is 4.59. The number of carboxylic acids is 1. The number of carbonyl (C=O) groups excluding carboxylic acids is 1. The average Bonchev–Trinajstić information content (AvgIpc) is 3.13. The first-order valence-corrected chi connectivity index (χ1v) is 9.80. The number of hydrogen-bond donors (Lipinski definition) is 1. The monoisotopic (exact) mass is 376 g/mol. The van der Waals surface area contributed by atoms with Crippen molar-refractivity contribution in [1.82, 2.24) is 19.9 Å². The molecule has 1 fully saturated rings. The van der Waals surface area contributed by atoms with E-state index in [0.717, 1.165) is 4.68 Å². The molecule has 1 saturated heterocycles. The fourth-order valence-electron chi connectivity index (χ4n) is 3.26. The Morgan fingerprint density at radius 2 is 2.15 bits per heavy atom. The molecule has 1 aromatic carbocycles. The van der Waals surface area contributed by atoms with Crippen molar-refractivity contribution in [3.05, 3.63) is 34.6 Å². The van der Waals surface area contributed by atoms with Crippen molar-refractivity contribution in [2.45, 2.75) is 31.3 Å². The van der Waals surface area contributed by atoms with Gasteiger partial charge in [0.05, 0.1) is 5.39 Å². The molecule has 1 aromatic heterocycles. The van der Waals surface area contributed by atoms with Gasteiger partial charge >= 0.3 is 5.97 Å². The van der Waals surface area contributed by atoms with Crippen LogP contribution >= 0.6 is 11.8 Å². The molecule has 9 heteroatoms. The molecule has 138 valence electrons. The first-order valence-electron chi connectivity index (χ1n) is 8.41. The zero-order valence-electron chi connectivity index (χ0n) is 14.4. The highest BCUT2D eigenvalue weighted by Crippen LogP contribution is 2.24. The van der Waals surface area contributed by atoms with Crippen LogP contribution in [0, 0.1) is 0 Å². The average molecular weight is 376 g/mol. The normalized spacial score (nSPS) is 18.2. The molecular weight excluding hydrogens is 356 g/mol. The van der Waals surface area contributed by atoms with Crippen LogP contribution in [0.3, 0.4) is 0 Å². The first kappa shape index (κ1) is 18.4. The number of amides is 1. The van der Waals surface area contributed by atoms with Crippen molar-refractivity contribution in [2.24, 2.45) is 0 Å². The van der Waals surface area contributed by atoms with Gasteiger partial charge < -0.3 is 10.0 Å². The molecule has 0 radical (unpaired) electrons. The van der Waals surface area contributed by atoms with Crippen molar-refractivity contribution >= 4 is 34.5 Å². The number of rotatable bonds is 6. The van der Waals surface area contributed by atoms with Gasteiger partial charge in [-0.1, -0.05) is 17.3 Å². The summed E-state index contributed by atoms with van der Waals surface area (Å²) >= 11 is 1.55. The minimum atomic E-state index is -1.02. The third-order valence-corrected chi connectivity index (χ3v) is 5.23. The summed E-state index contributed by atoms with van der Waals surface area (Å²) in [6.07, 6.45) is 3.35. The molecule has 1 aliphatic heterocycles. The number of aliphatic carboxylic acids is 1. The van der Waals surface area contributed by atoms with E-state index >= 15 is 0 Å². The van der Waals surface area contributed by atoms with E-state index in [-0.39, 0.29) is 11.5 Å². The second-order valence-electron chi connectivity index (χ2n) is 6.18. The predicted octanol–water partition coefficient (Wildman–Crippen LogP) is 1.16. The first-order chi connectivity index (χ1) is 12.5. The number of thioether (sulfide) groups is 1. The van der Waals surface area contributed by atoms with Gasteiger partial charge in [0, 0.05) is 6.54 Å². The van der Waals surface area contributed by atoms with Crippen LogP contribution in [0.1, 0.15) is 25.3 Å². The topological polar surface area (TPSA) is 105 Å². The molecule has 1 amide bonds. The highest BCUT2D eigenvalue weighted by molar-refractivity contribution is 7.98. The van der Waals surface area contributed by atoms with Gasteiger partial charge in [-0.05, 0) is 43.4 Å². The smallest absolute Gasteiger partial charge is 0.326 e. The second kappa shape index (κ2) is 7.86. The maximum Gasteiger partial charge on any atom is 0.326 e. The Labute approximate surface area is 154 Å². The Morgan fingerprint density at radius 1 is 1.38 bits per heavy atom. The molecule has 2 unspecified atom stereocenters. The number of fused-ring (bicyclic) bond motifs is 1. The fourth-order valence-corrected chi connectivity index (χ4v) is 3.72. The predicted molar refractivity (Wildman–Crippen MR) is 98.2 cm³/mol.